The molecule has 1 aromatic rings. The molecule has 0 aliphatic rings. The zero-order valence-corrected chi connectivity index (χ0v) is 12.4. The van der Waals surface area contributed by atoms with Crippen LogP contribution in [0.1, 0.15) is 36.8 Å². The maximum Gasteiger partial charge on any atom is 0.224 e. The van der Waals surface area contributed by atoms with Crippen LogP contribution in [0.15, 0.2) is 18.2 Å². The second-order valence-electron chi connectivity index (χ2n) is 4.98. The number of benzene rings is 1. The highest BCUT2D eigenvalue weighted by Gasteiger charge is 2.08. The highest BCUT2D eigenvalue weighted by atomic mass is 16.5. The van der Waals surface area contributed by atoms with Crippen molar-refractivity contribution in [3.05, 3.63) is 29.3 Å². The van der Waals surface area contributed by atoms with Gasteiger partial charge >= 0.3 is 0 Å². The number of ether oxygens (including phenoxy) is 1. The van der Waals surface area contributed by atoms with Gasteiger partial charge in [0.1, 0.15) is 5.75 Å². The fourth-order valence-corrected chi connectivity index (χ4v) is 2.10. The second kappa shape index (κ2) is 9.37. The SMILES string of the molecule is COc1ccc(C)cc1CC(=O)NCCCCCCO. The van der Waals surface area contributed by atoms with Gasteiger partial charge in [0.2, 0.25) is 5.91 Å². The van der Waals surface area contributed by atoms with Crippen molar-refractivity contribution in [3.63, 3.8) is 0 Å². The minimum Gasteiger partial charge on any atom is -0.496 e. The minimum atomic E-state index is 0.0241. The highest BCUT2D eigenvalue weighted by molar-refractivity contribution is 5.79. The Bertz CT molecular complexity index is 418. The number of hydrogen-bond donors (Lipinski definition) is 2. The average molecular weight is 279 g/mol. The van der Waals surface area contributed by atoms with Crippen LogP contribution in [0.2, 0.25) is 0 Å². The first-order valence-electron chi connectivity index (χ1n) is 7.18. The van der Waals surface area contributed by atoms with Crippen LogP contribution in [0.4, 0.5) is 0 Å². The monoisotopic (exact) mass is 279 g/mol. The van der Waals surface area contributed by atoms with Crippen molar-refractivity contribution in [2.45, 2.75) is 39.0 Å². The number of aliphatic hydroxyl groups excluding tert-OH is 1. The van der Waals surface area contributed by atoms with Crippen LogP contribution in [0.5, 0.6) is 5.75 Å². The average Bonchev–Trinajstić information content (AvgIpc) is 2.43. The lowest BCUT2D eigenvalue weighted by Crippen LogP contribution is -2.26. The van der Waals surface area contributed by atoms with E-state index in [1.54, 1.807) is 7.11 Å². The van der Waals surface area contributed by atoms with Crippen molar-refractivity contribution in [2.75, 3.05) is 20.3 Å². The van der Waals surface area contributed by atoms with Gasteiger partial charge in [-0.25, -0.2) is 0 Å². The quantitative estimate of drug-likeness (QED) is 0.681. The first kappa shape index (κ1) is 16.5. The number of nitrogens with one attached hydrogen (secondary N) is 1. The maximum atomic E-state index is 11.9. The third-order valence-corrected chi connectivity index (χ3v) is 3.19. The fourth-order valence-electron chi connectivity index (χ4n) is 2.10. The third-order valence-electron chi connectivity index (χ3n) is 3.19. The van der Waals surface area contributed by atoms with E-state index in [1.165, 1.54) is 0 Å². The Hall–Kier alpha value is -1.55. The Labute approximate surface area is 121 Å². The highest BCUT2D eigenvalue weighted by Crippen LogP contribution is 2.20. The Balaban J connectivity index is 2.33. The Kier molecular flexibility index (Phi) is 7.73. The molecule has 0 heterocycles. The van der Waals surface area contributed by atoms with E-state index >= 15 is 0 Å². The summed E-state index contributed by atoms with van der Waals surface area (Å²) >= 11 is 0. The van der Waals surface area contributed by atoms with Crippen LogP contribution in [-0.4, -0.2) is 31.3 Å². The second-order valence-corrected chi connectivity index (χ2v) is 4.98. The molecule has 0 radical (unpaired) electrons. The lowest BCUT2D eigenvalue weighted by atomic mass is 10.1. The third kappa shape index (κ3) is 6.06. The van der Waals surface area contributed by atoms with E-state index in [2.05, 4.69) is 5.32 Å². The Morgan fingerprint density at radius 2 is 2.00 bits per heavy atom. The smallest absolute Gasteiger partial charge is 0.224 e. The van der Waals surface area contributed by atoms with Gasteiger partial charge in [0.05, 0.1) is 13.5 Å². The summed E-state index contributed by atoms with van der Waals surface area (Å²) < 4.78 is 5.27. The van der Waals surface area contributed by atoms with Gasteiger partial charge in [-0.05, 0) is 25.8 Å². The summed E-state index contributed by atoms with van der Waals surface area (Å²) in [4.78, 5) is 11.9. The molecule has 0 unspecified atom stereocenters. The Morgan fingerprint density at radius 1 is 1.25 bits per heavy atom. The van der Waals surface area contributed by atoms with E-state index in [-0.39, 0.29) is 12.5 Å². The van der Waals surface area contributed by atoms with E-state index in [1.807, 2.05) is 25.1 Å². The molecule has 4 heteroatoms. The summed E-state index contributed by atoms with van der Waals surface area (Å²) in [6, 6.07) is 5.86. The molecule has 1 amide bonds. The predicted molar refractivity (Wildman–Crippen MR) is 80.0 cm³/mol. The number of hydrogen-bond acceptors (Lipinski definition) is 3. The van der Waals surface area contributed by atoms with E-state index in [0.29, 0.717) is 13.0 Å². The molecule has 112 valence electrons. The molecule has 0 aromatic heterocycles. The van der Waals surface area contributed by atoms with E-state index in [9.17, 15) is 4.79 Å². The zero-order chi connectivity index (χ0) is 14.8. The van der Waals surface area contributed by atoms with Crippen molar-refractivity contribution >= 4 is 5.91 Å². The molecular formula is C16H25NO3. The molecule has 0 saturated carbocycles. The molecule has 0 aliphatic carbocycles. The molecule has 1 aromatic carbocycles. The van der Waals surface area contributed by atoms with E-state index in [4.69, 9.17) is 9.84 Å². The zero-order valence-electron chi connectivity index (χ0n) is 12.4. The molecule has 0 saturated heterocycles. The van der Waals surface area contributed by atoms with Gasteiger partial charge in [-0.1, -0.05) is 30.5 Å². The first-order chi connectivity index (χ1) is 9.67. The number of methoxy groups -OCH3 is 1. The van der Waals surface area contributed by atoms with Gasteiger partial charge in [0.25, 0.3) is 0 Å². The molecule has 0 aliphatic heterocycles. The minimum absolute atomic E-state index is 0.0241. The van der Waals surface area contributed by atoms with Gasteiger partial charge in [0, 0.05) is 18.7 Å². The molecule has 0 bridgehead atoms. The van der Waals surface area contributed by atoms with Crippen molar-refractivity contribution < 1.29 is 14.6 Å². The molecule has 0 atom stereocenters. The van der Waals surface area contributed by atoms with Crippen LogP contribution in [0.25, 0.3) is 0 Å². The molecule has 4 nitrogen and oxygen atoms in total. The number of amides is 1. The topological polar surface area (TPSA) is 58.6 Å². The maximum absolute atomic E-state index is 11.9. The molecule has 0 spiro atoms. The number of rotatable bonds is 9. The number of carbonyl (C=O) groups is 1. The molecule has 1 rings (SSSR count). The number of aryl methyl sites for hydroxylation is 1. The van der Waals surface area contributed by atoms with Crippen molar-refractivity contribution in [2.24, 2.45) is 0 Å². The summed E-state index contributed by atoms with van der Waals surface area (Å²) in [5, 5.41) is 11.6. The van der Waals surface area contributed by atoms with Crippen molar-refractivity contribution in [1.82, 2.24) is 5.32 Å². The number of aliphatic hydroxyl groups is 1. The van der Waals surface area contributed by atoms with E-state index in [0.717, 1.165) is 42.6 Å². The van der Waals surface area contributed by atoms with Gasteiger partial charge < -0.3 is 15.2 Å². The largest absolute Gasteiger partial charge is 0.496 e. The van der Waals surface area contributed by atoms with Crippen LogP contribution in [-0.2, 0) is 11.2 Å². The number of carbonyl (C=O) groups excluding carboxylic acids is 1. The van der Waals surface area contributed by atoms with Crippen molar-refractivity contribution in [3.8, 4) is 5.75 Å². The van der Waals surface area contributed by atoms with Gasteiger partial charge in [-0.3, -0.25) is 4.79 Å². The molecule has 20 heavy (non-hydrogen) atoms. The molecule has 2 N–H and O–H groups in total. The fraction of sp³-hybridized carbons (Fsp3) is 0.562. The lowest BCUT2D eigenvalue weighted by molar-refractivity contribution is -0.120. The normalized spacial score (nSPS) is 10.3. The number of unbranched alkanes of at least 4 members (excludes halogenated alkanes) is 3. The summed E-state index contributed by atoms with van der Waals surface area (Å²) in [5.41, 5.74) is 2.04. The predicted octanol–water partition coefficient (Wildman–Crippen LogP) is 2.22. The van der Waals surface area contributed by atoms with Crippen LogP contribution in [0.3, 0.4) is 0 Å². The summed E-state index contributed by atoms with van der Waals surface area (Å²) in [6.45, 7) is 2.94. The van der Waals surface area contributed by atoms with Gasteiger partial charge in [-0.15, -0.1) is 0 Å². The van der Waals surface area contributed by atoms with Gasteiger partial charge in [-0.2, -0.15) is 0 Å². The summed E-state index contributed by atoms with van der Waals surface area (Å²) in [7, 11) is 1.62. The standard InChI is InChI=1S/C16H25NO3/c1-13-7-8-15(20-2)14(11-13)12-16(19)17-9-5-3-4-6-10-18/h7-8,11,18H,3-6,9-10,12H2,1-2H3,(H,17,19). The summed E-state index contributed by atoms with van der Waals surface area (Å²) in [6.07, 6.45) is 4.19. The van der Waals surface area contributed by atoms with Crippen molar-refractivity contribution in [1.29, 1.82) is 0 Å². The summed E-state index contributed by atoms with van der Waals surface area (Å²) in [5.74, 6) is 0.782. The van der Waals surface area contributed by atoms with Crippen LogP contribution >= 0.6 is 0 Å². The first-order valence-corrected chi connectivity index (χ1v) is 7.18. The Morgan fingerprint density at radius 3 is 2.70 bits per heavy atom. The van der Waals surface area contributed by atoms with Crippen LogP contribution in [0, 0.1) is 6.92 Å². The van der Waals surface area contributed by atoms with E-state index < -0.39 is 0 Å². The van der Waals surface area contributed by atoms with Crippen LogP contribution < -0.4 is 10.1 Å². The van der Waals surface area contributed by atoms with Gasteiger partial charge in [0.15, 0.2) is 0 Å². The lowest BCUT2D eigenvalue weighted by Gasteiger charge is -2.10. The molecule has 0 fully saturated rings. The molecular weight excluding hydrogens is 254 g/mol.